The van der Waals surface area contributed by atoms with Gasteiger partial charge < -0.3 is 0 Å². The standard InChI is InChI=1S/C12H23NO/c1-5-12(3,4)9-13-7-6-11(14)8-10(13)2/h10H,5-9H2,1-4H3. The summed E-state index contributed by atoms with van der Waals surface area (Å²) in [5.74, 6) is 0.433. The van der Waals surface area contributed by atoms with Crippen molar-refractivity contribution in [2.75, 3.05) is 13.1 Å². The summed E-state index contributed by atoms with van der Waals surface area (Å²) in [7, 11) is 0. The molecule has 0 amide bonds. The van der Waals surface area contributed by atoms with Gasteiger partial charge in [-0.15, -0.1) is 0 Å². The number of nitrogens with zero attached hydrogens (tertiary/aromatic N) is 1. The van der Waals surface area contributed by atoms with Crippen molar-refractivity contribution in [3.63, 3.8) is 0 Å². The third-order valence-electron chi connectivity index (χ3n) is 3.41. The van der Waals surface area contributed by atoms with Crippen molar-refractivity contribution in [3.05, 3.63) is 0 Å². The molecule has 1 atom stereocenters. The second-order valence-corrected chi connectivity index (χ2v) is 5.33. The predicted octanol–water partition coefficient (Wildman–Crippen LogP) is 2.48. The summed E-state index contributed by atoms with van der Waals surface area (Å²) in [5.41, 5.74) is 0.384. The van der Waals surface area contributed by atoms with Crippen molar-refractivity contribution in [2.45, 2.75) is 53.0 Å². The average Bonchev–Trinajstić information content (AvgIpc) is 2.10. The third-order valence-corrected chi connectivity index (χ3v) is 3.41. The van der Waals surface area contributed by atoms with Gasteiger partial charge in [-0.1, -0.05) is 20.8 Å². The second kappa shape index (κ2) is 4.43. The highest BCUT2D eigenvalue weighted by Gasteiger charge is 2.27. The minimum absolute atomic E-state index is 0.384. The normalized spacial score (nSPS) is 25.4. The van der Waals surface area contributed by atoms with E-state index in [1.165, 1.54) is 6.42 Å². The number of ketones is 1. The number of hydrogen-bond donors (Lipinski definition) is 0. The van der Waals surface area contributed by atoms with Crippen LogP contribution in [-0.2, 0) is 4.79 Å². The Bertz CT molecular complexity index is 210. The van der Waals surface area contributed by atoms with Crippen LogP contribution >= 0.6 is 0 Å². The van der Waals surface area contributed by atoms with Crippen LogP contribution in [0.25, 0.3) is 0 Å². The van der Waals surface area contributed by atoms with Crippen LogP contribution in [0.5, 0.6) is 0 Å². The number of carbonyl (C=O) groups is 1. The van der Waals surface area contributed by atoms with Crippen LogP contribution in [0.4, 0.5) is 0 Å². The molecule has 0 bridgehead atoms. The molecule has 2 heteroatoms. The van der Waals surface area contributed by atoms with E-state index in [1.807, 2.05) is 0 Å². The quantitative estimate of drug-likeness (QED) is 0.692. The number of piperidine rings is 1. The molecule has 1 heterocycles. The van der Waals surface area contributed by atoms with Crippen molar-refractivity contribution < 1.29 is 4.79 Å². The molecule has 1 fully saturated rings. The van der Waals surface area contributed by atoms with Crippen LogP contribution < -0.4 is 0 Å². The average molecular weight is 197 g/mol. The van der Waals surface area contributed by atoms with Crippen LogP contribution in [0, 0.1) is 5.41 Å². The summed E-state index contributed by atoms with van der Waals surface area (Å²) >= 11 is 0. The minimum atomic E-state index is 0.384. The van der Waals surface area contributed by atoms with Gasteiger partial charge in [-0.3, -0.25) is 9.69 Å². The zero-order chi connectivity index (χ0) is 10.8. The molecular formula is C12H23NO. The maximum Gasteiger partial charge on any atom is 0.135 e. The lowest BCUT2D eigenvalue weighted by molar-refractivity contribution is -0.123. The van der Waals surface area contributed by atoms with E-state index in [9.17, 15) is 4.79 Å². The molecule has 1 saturated heterocycles. The Kier molecular flexibility index (Phi) is 3.71. The minimum Gasteiger partial charge on any atom is -0.300 e. The topological polar surface area (TPSA) is 20.3 Å². The Morgan fingerprint density at radius 2 is 2.14 bits per heavy atom. The molecule has 0 aliphatic carbocycles. The summed E-state index contributed by atoms with van der Waals surface area (Å²) in [4.78, 5) is 13.7. The predicted molar refractivity (Wildman–Crippen MR) is 59.3 cm³/mol. The fourth-order valence-corrected chi connectivity index (χ4v) is 1.95. The second-order valence-electron chi connectivity index (χ2n) is 5.33. The smallest absolute Gasteiger partial charge is 0.135 e. The molecule has 82 valence electrons. The van der Waals surface area contributed by atoms with Gasteiger partial charge in [-0.2, -0.15) is 0 Å². The molecule has 0 radical (unpaired) electrons. The molecule has 1 aliphatic heterocycles. The maximum atomic E-state index is 11.2. The number of likely N-dealkylation sites (tertiary alicyclic amines) is 1. The summed E-state index contributed by atoms with van der Waals surface area (Å²) in [6.45, 7) is 11.1. The lowest BCUT2D eigenvalue weighted by Crippen LogP contribution is -2.45. The molecular weight excluding hydrogens is 174 g/mol. The summed E-state index contributed by atoms with van der Waals surface area (Å²) in [5, 5.41) is 0. The lowest BCUT2D eigenvalue weighted by atomic mass is 9.88. The van der Waals surface area contributed by atoms with Gasteiger partial charge in [0.15, 0.2) is 0 Å². The van der Waals surface area contributed by atoms with E-state index in [0.29, 0.717) is 17.2 Å². The molecule has 2 nitrogen and oxygen atoms in total. The van der Waals surface area contributed by atoms with Crippen molar-refractivity contribution in [1.82, 2.24) is 4.90 Å². The molecule has 1 rings (SSSR count). The van der Waals surface area contributed by atoms with Gasteiger partial charge >= 0.3 is 0 Å². The molecule has 0 spiro atoms. The highest BCUT2D eigenvalue weighted by molar-refractivity contribution is 5.79. The van der Waals surface area contributed by atoms with E-state index >= 15 is 0 Å². The van der Waals surface area contributed by atoms with E-state index in [4.69, 9.17) is 0 Å². The van der Waals surface area contributed by atoms with Crippen molar-refractivity contribution in [1.29, 1.82) is 0 Å². The van der Waals surface area contributed by atoms with E-state index < -0.39 is 0 Å². The molecule has 1 aliphatic rings. The first-order valence-electron chi connectivity index (χ1n) is 5.70. The largest absolute Gasteiger partial charge is 0.300 e. The third kappa shape index (κ3) is 3.09. The van der Waals surface area contributed by atoms with Crippen LogP contribution in [-0.4, -0.2) is 29.8 Å². The summed E-state index contributed by atoms with van der Waals surface area (Å²) in [6.07, 6.45) is 2.70. The molecule has 0 aromatic heterocycles. The van der Waals surface area contributed by atoms with Crippen molar-refractivity contribution in [3.8, 4) is 0 Å². The van der Waals surface area contributed by atoms with Crippen molar-refractivity contribution >= 4 is 5.78 Å². The fraction of sp³-hybridized carbons (Fsp3) is 0.917. The number of rotatable bonds is 3. The summed E-state index contributed by atoms with van der Waals surface area (Å²) < 4.78 is 0. The number of carbonyl (C=O) groups excluding carboxylic acids is 1. The molecule has 0 N–H and O–H groups in total. The highest BCUT2D eigenvalue weighted by Crippen LogP contribution is 2.24. The highest BCUT2D eigenvalue weighted by atomic mass is 16.1. The SMILES string of the molecule is CCC(C)(C)CN1CCC(=O)CC1C. The van der Waals surface area contributed by atoms with E-state index in [2.05, 4.69) is 32.6 Å². The fourth-order valence-electron chi connectivity index (χ4n) is 1.95. The van der Waals surface area contributed by atoms with Crippen LogP contribution in [0.2, 0.25) is 0 Å². The molecule has 14 heavy (non-hydrogen) atoms. The van der Waals surface area contributed by atoms with Crippen LogP contribution in [0.15, 0.2) is 0 Å². The lowest BCUT2D eigenvalue weighted by Gasteiger charge is -2.38. The molecule has 0 aromatic rings. The van der Waals surface area contributed by atoms with Gasteiger partial charge in [0.05, 0.1) is 0 Å². The van der Waals surface area contributed by atoms with Gasteiger partial charge in [-0.05, 0) is 18.8 Å². The zero-order valence-electron chi connectivity index (χ0n) is 9.97. The maximum absolute atomic E-state index is 11.2. The Morgan fingerprint density at radius 1 is 1.50 bits per heavy atom. The van der Waals surface area contributed by atoms with Crippen LogP contribution in [0.1, 0.15) is 47.0 Å². The monoisotopic (exact) mass is 197 g/mol. The van der Waals surface area contributed by atoms with Crippen molar-refractivity contribution in [2.24, 2.45) is 5.41 Å². The first-order valence-corrected chi connectivity index (χ1v) is 5.70. The number of hydrogen-bond acceptors (Lipinski definition) is 2. The number of Topliss-reactive ketones (excluding diaryl/α,β-unsaturated/α-hetero) is 1. The Labute approximate surface area is 87.7 Å². The van der Waals surface area contributed by atoms with Gasteiger partial charge in [0, 0.05) is 32.0 Å². The zero-order valence-corrected chi connectivity index (χ0v) is 9.97. The van der Waals surface area contributed by atoms with Gasteiger partial charge in [-0.25, -0.2) is 0 Å². The van der Waals surface area contributed by atoms with E-state index in [1.54, 1.807) is 0 Å². The molecule has 0 saturated carbocycles. The van der Waals surface area contributed by atoms with Crippen LogP contribution in [0.3, 0.4) is 0 Å². The van der Waals surface area contributed by atoms with E-state index in [0.717, 1.165) is 25.9 Å². The van der Waals surface area contributed by atoms with Gasteiger partial charge in [0.1, 0.15) is 5.78 Å². The Morgan fingerprint density at radius 3 is 2.64 bits per heavy atom. The first kappa shape index (κ1) is 11.7. The Hall–Kier alpha value is -0.370. The Balaban J connectivity index is 2.49. The van der Waals surface area contributed by atoms with Gasteiger partial charge in [0.25, 0.3) is 0 Å². The molecule has 0 aromatic carbocycles. The summed E-state index contributed by atoms with van der Waals surface area (Å²) in [6, 6.07) is 0.446. The van der Waals surface area contributed by atoms with E-state index in [-0.39, 0.29) is 0 Å². The van der Waals surface area contributed by atoms with Gasteiger partial charge in [0.2, 0.25) is 0 Å². The molecule has 1 unspecified atom stereocenters. The first-order chi connectivity index (χ1) is 6.44.